The van der Waals surface area contributed by atoms with Crippen molar-refractivity contribution in [3.63, 3.8) is 0 Å². The molecule has 1 aliphatic heterocycles. The van der Waals surface area contributed by atoms with Crippen molar-refractivity contribution in [3.05, 3.63) is 0 Å². The van der Waals surface area contributed by atoms with Gasteiger partial charge in [-0.05, 0) is 32.9 Å². The maximum Gasteiger partial charge on any atom is 0.308 e. The highest BCUT2D eigenvalue weighted by atomic mass is 16.5. The van der Waals surface area contributed by atoms with Crippen LogP contribution in [0.3, 0.4) is 0 Å². The first-order chi connectivity index (χ1) is 7.72. The number of rotatable bonds is 5. The number of likely N-dealkylation sites (tertiary alicyclic amines) is 1. The summed E-state index contributed by atoms with van der Waals surface area (Å²) in [6, 6.07) is 0. The summed E-state index contributed by atoms with van der Waals surface area (Å²) in [5.41, 5.74) is 0. The lowest BCUT2D eigenvalue weighted by Crippen LogP contribution is -2.34. The van der Waals surface area contributed by atoms with Crippen LogP contribution in [0.1, 0.15) is 39.0 Å². The van der Waals surface area contributed by atoms with Gasteiger partial charge in [-0.2, -0.15) is 0 Å². The molecule has 1 atom stereocenters. The van der Waals surface area contributed by atoms with E-state index in [9.17, 15) is 9.90 Å². The number of aliphatic hydroxyl groups is 1. The highest BCUT2D eigenvalue weighted by Crippen LogP contribution is 2.10. The van der Waals surface area contributed by atoms with E-state index >= 15 is 0 Å². The number of β-amino-alcohol motifs (C(OH)–C–C–N with tert-alkyl or cyclic N) is 1. The van der Waals surface area contributed by atoms with Crippen LogP contribution in [0.4, 0.5) is 0 Å². The van der Waals surface area contributed by atoms with E-state index in [0.717, 1.165) is 13.1 Å². The number of carbonyl (C=O) groups excluding carboxylic acids is 1. The largest absolute Gasteiger partial charge is 0.466 e. The van der Waals surface area contributed by atoms with Gasteiger partial charge in [-0.15, -0.1) is 0 Å². The third kappa shape index (κ3) is 5.47. The first-order valence-electron chi connectivity index (χ1n) is 6.28. The van der Waals surface area contributed by atoms with E-state index in [1.165, 1.54) is 25.7 Å². The molecule has 0 amide bonds. The van der Waals surface area contributed by atoms with E-state index in [1.54, 1.807) is 6.92 Å². The molecule has 1 N–H and O–H groups in total. The van der Waals surface area contributed by atoms with E-state index in [2.05, 4.69) is 4.90 Å². The molecule has 4 heteroatoms. The van der Waals surface area contributed by atoms with Crippen molar-refractivity contribution >= 4 is 5.97 Å². The summed E-state index contributed by atoms with van der Waals surface area (Å²) >= 11 is 0. The first-order valence-corrected chi connectivity index (χ1v) is 6.28. The van der Waals surface area contributed by atoms with Crippen LogP contribution in [0.2, 0.25) is 0 Å². The molecule has 4 nitrogen and oxygen atoms in total. The predicted octanol–water partition coefficient (Wildman–Crippen LogP) is 1.18. The van der Waals surface area contributed by atoms with Gasteiger partial charge in [-0.25, -0.2) is 0 Å². The molecule has 1 aliphatic rings. The second kappa shape index (κ2) is 7.63. The van der Waals surface area contributed by atoms with Crippen LogP contribution in [0.25, 0.3) is 0 Å². The van der Waals surface area contributed by atoms with E-state index in [0.29, 0.717) is 13.2 Å². The summed E-state index contributed by atoms with van der Waals surface area (Å²) in [7, 11) is 0. The highest BCUT2D eigenvalue weighted by Gasteiger charge is 2.16. The SMILES string of the molecule is CCOC(=O)CC(O)CN1CCCCCC1. The van der Waals surface area contributed by atoms with Crippen LogP contribution in [-0.2, 0) is 9.53 Å². The van der Waals surface area contributed by atoms with Crippen molar-refractivity contribution in [1.29, 1.82) is 0 Å². The van der Waals surface area contributed by atoms with Gasteiger partial charge in [0.15, 0.2) is 0 Å². The Bertz CT molecular complexity index is 200. The van der Waals surface area contributed by atoms with Gasteiger partial charge in [0.25, 0.3) is 0 Å². The summed E-state index contributed by atoms with van der Waals surface area (Å²) in [5.74, 6) is -0.301. The minimum absolute atomic E-state index is 0.115. The van der Waals surface area contributed by atoms with Crippen molar-refractivity contribution in [2.75, 3.05) is 26.2 Å². The standard InChI is InChI=1S/C12H23NO3/c1-2-16-12(15)9-11(14)10-13-7-5-3-4-6-8-13/h11,14H,2-10H2,1H3. The topological polar surface area (TPSA) is 49.8 Å². The number of nitrogens with zero attached hydrogens (tertiary/aromatic N) is 1. The lowest BCUT2D eigenvalue weighted by molar-refractivity contribution is -0.145. The number of esters is 1. The lowest BCUT2D eigenvalue weighted by Gasteiger charge is -2.22. The molecule has 0 spiro atoms. The van der Waals surface area contributed by atoms with Crippen molar-refractivity contribution in [2.24, 2.45) is 0 Å². The van der Waals surface area contributed by atoms with Gasteiger partial charge in [0, 0.05) is 6.54 Å². The van der Waals surface area contributed by atoms with Gasteiger partial charge in [-0.3, -0.25) is 4.79 Å². The molecule has 94 valence electrons. The minimum atomic E-state index is -0.586. The zero-order valence-electron chi connectivity index (χ0n) is 10.2. The Hall–Kier alpha value is -0.610. The van der Waals surface area contributed by atoms with E-state index in [1.807, 2.05) is 0 Å². The molecule has 1 rings (SSSR count). The molecule has 0 radical (unpaired) electrons. The quantitative estimate of drug-likeness (QED) is 0.719. The third-order valence-electron chi connectivity index (χ3n) is 2.88. The van der Waals surface area contributed by atoms with Gasteiger partial charge in [0.2, 0.25) is 0 Å². The minimum Gasteiger partial charge on any atom is -0.466 e. The number of ether oxygens (including phenoxy) is 1. The molecule has 0 bridgehead atoms. The summed E-state index contributed by atoms with van der Waals surface area (Å²) in [5, 5.41) is 9.75. The maximum absolute atomic E-state index is 11.2. The van der Waals surface area contributed by atoms with Crippen LogP contribution in [0.5, 0.6) is 0 Å². The molecule has 0 aromatic heterocycles. The summed E-state index contributed by atoms with van der Waals surface area (Å²) in [4.78, 5) is 13.4. The molecule has 0 aliphatic carbocycles. The molecule has 0 aromatic rings. The fourth-order valence-corrected chi connectivity index (χ4v) is 2.09. The average Bonchev–Trinajstić information content (AvgIpc) is 2.46. The van der Waals surface area contributed by atoms with Crippen LogP contribution < -0.4 is 0 Å². The monoisotopic (exact) mass is 229 g/mol. The molecule has 0 aromatic carbocycles. The molecule has 0 saturated carbocycles. The van der Waals surface area contributed by atoms with E-state index in [-0.39, 0.29) is 12.4 Å². The maximum atomic E-state index is 11.2. The van der Waals surface area contributed by atoms with Crippen LogP contribution in [0.15, 0.2) is 0 Å². The zero-order valence-corrected chi connectivity index (χ0v) is 10.2. The Balaban J connectivity index is 2.21. The number of hydrogen-bond donors (Lipinski definition) is 1. The van der Waals surface area contributed by atoms with E-state index < -0.39 is 6.10 Å². The fourth-order valence-electron chi connectivity index (χ4n) is 2.09. The summed E-state index contributed by atoms with van der Waals surface area (Å²) in [6.45, 7) is 4.84. The van der Waals surface area contributed by atoms with Gasteiger partial charge in [0.05, 0.1) is 19.1 Å². The first kappa shape index (κ1) is 13.5. The molecular formula is C12H23NO3. The third-order valence-corrected chi connectivity index (χ3v) is 2.88. The van der Waals surface area contributed by atoms with Crippen molar-refractivity contribution in [3.8, 4) is 0 Å². The second-order valence-electron chi connectivity index (χ2n) is 4.38. The lowest BCUT2D eigenvalue weighted by atomic mass is 10.2. The Kier molecular flexibility index (Phi) is 6.42. The molecule has 1 saturated heterocycles. The summed E-state index contributed by atoms with van der Waals surface area (Å²) in [6.07, 6.45) is 4.49. The van der Waals surface area contributed by atoms with Crippen LogP contribution in [-0.4, -0.2) is 48.3 Å². The Labute approximate surface area is 97.6 Å². The highest BCUT2D eigenvalue weighted by molar-refractivity contribution is 5.69. The zero-order chi connectivity index (χ0) is 11.8. The van der Waals surface area contributed by atoms with Crippen molar-refractivity contribution in [2.45, 2.75) is 45.1 Å². The van der Waals surface area contributed by atoms with Gasteiger partial charge < -0.3 is 14.7 Å². The van der Waals surface area contributed by atoms with Gasteiger partial charge >= 0.3 is 5.97 Å². The van der Waals surface area contributed by atoms with Crippen LogP contribution in [0, 0.1) is 0 Å². The van der Waals surface area contributed by atoms with Gasteiger partial charge in [-0.1, -0.05) is 12.8 Å². The van der Waals surface area contributed by atoms with Crippen molar-refractivity contribution < 1.29 is 14.6 Å². The Morgan fingerprint density at radius 3 is 2.50 bits per heavy atom. The molecule has 1 unspecified atom stereocenters. The molecular weight excluding hydrogens is 206 g/mol. The number of carbonyl (C=O) groups is 1. The molecule has 1 fully saturated rings. The van der Waals surface area contributed by atoms with Crippen molar-refractivity contribution in [1.82, 2.24) is 4.90 Å². The van der Waals surface area contributed by atoms with Crippen LogP contribution >= 0.6 is 0 Å². The van der Waals surface area contributed by atoms with Gasteiger partial charge in [0.1, 0.15) is 0 Å². The average molecular weight is 229 g/mol. The summed E-state index contributed by atoms with van der Waals surface area (Å²) < 4.78 is 4.81. The Morgan fingerprint density at radius 2 is 1.94 bits per heavy atom. The Morgan fingerprint density at radius 1 is 1.31 bits per heavy atom. The smallest absolute Gasteiger partial charge is 0.308 e. The normalized spacial score (nSPS) is 20.1. The second-order valence-corrected chi connectivity index (χ2v) is 4.38. The fraction of sp³-hybridized carbons (Fsp3) is 0.917. The predicted molar refractivity (Wildman–Crippen MR) is 62.2 cm³/mol. The number of aliphatic hydroxyl groups excluding tert-OH is 1. The molecule has 16 heavy (non-hydrogen) atoms. The molecule has 1 heterocycles. The number of hydrogen-bond acceptors (Lipinski definition) is 4. The van der Waals surface area contributed by atoms with E-state index in [4.69, 9.17) is 4.74 Å².